The van der Waals surface area contributed by atoms with E-state index >= 15 is 0 Å². The molecular formula is C17H12Br8O. The number of hydrogen-bond acceptors (Lipinski definition) is 1. The van der Waals surface area contributed by atoms with Gasteiger partial charge in [-0.05, 0) is 66.2 Å². The highest BCUT2D eigenvalue weighted by Crippen LogP contribution is 2.40. The molecule has 1 nitrogen and oxygen atoms in total. The molecule has 0 radical (unpaired) electrons. The predicted molar refractivity (Wildman–Crippen MR) is 139 cm³/mol. The molecule has 2 aromatic rings. The number of alkyl halides is 4. The summed E-state index contributed by atoms with van der Waals surface area (Å²) >= 11 is 29.0. The zero-order valence-electron chi connectivity index (χ0n) is 13.1. The van der Waals surface area contributed by atoms with Crippen molar-refractivity contribution in [2.75, 3.05) is 0 Å². The highest BCUT2D eigenvalue weighted by Gasteiger charge is 2.21. The highest BCUT2D eigenvalue weighted by atomic mass is 79.9. The highest BCUT2D eigenvalue weighted by molar-refractivity contribution is 9.12. The van der Waals surface area contributed by atoms with Gasteiger partial charge < -0.3 is 4.74 Å². The number of benzene rings is 2. The van der Waals surface area contributed by atoms with Crippen molar-refractivity contribution < 1.29 is 4.74 Å². The van der Waals surface area contributed by atoms with Gasteiger partial charge in [-0.25, -0.2) is 0 Å². The Balaban J connectivity index is 2.53. The molecule has 0 aromatic heterocycles. The van der Waals surface area contributed by atoms with Crippen LogP contribution >= 0.6 is 127 Å². The molecule has 0 spiro atoms. The maximum absolute atomic E-state index is 6.20. The quantitative estimate of drug-likeness (QED) is 0.252. The van der Waals surface area contributed by atoms with E-state index in [1.54, 1.807) is 0 Å². The summed E-state index contributed by atoms with van der Waals surface area (Å²) in [5.74, 6) is 0.783. The third-order valence-electron chi connectivity index (χ3n) is 3.85. The topological polar surface area (TPSA) is 9.23 Å². The molecule has 0 saturated carbocycles. The van der Waals surface area contributed by atoms with E-state index in [0.717, 1.165) is 50.5 Å². The summed E-state index contributed by atoms with van der Waals surface area (Å²) in [6.45, 7) is 0.461. The molecule has 0 aliphatic rings. The van der Waals surface area contributed by atoms with Gasteiger partial charge in [-0.3, -0.25) is 0 Å². The largest absolute Gasteiger partial charge is 0.486 e. The average molecular weight is 872 g/mol. The Morgan fingerprint density at radius 1 is 0.615 bits per heavy atom. The van der Waals surface area contributed by atoms with Crippen LogP contribution in [0.25, 0.3) is 0 Å². The van der Waals surface area contributed by atoms with Crippen LogP contribution in [-0.2, 0) is 27.9 Å². The van der Waals surface area contributed by atoms with Gasteiger partial charge in [0.1, 0.15) is 12.4 Å². The van der Waals surface area contributed by atoms with Crippen LogP contribution < -0.4 is 4.74 Å². The molecule has 2 aromatic carbocycles. The van der Waals surface area contributed by atoms with E-state index in [-0.39, 0.29) is 0 Å². The smallest absolute Gasteiger partial charge is 0.148 e. The molecule has 142 valence electrons. The monoisotopic (exact) mass is 863 g/mol. The normalized spacial score (nSPS) is 11.1. The number of ether oxygens (including phenoxy) is 1. The second-order valence-electron chi connectivity index (χ2n) is 5.23. The molecule has 0 saturated heterocycles. The molecule has 9 heteroatoms. The zero-order valence-corrected chi connectivity index (χ0v) is 25.8. The lowest BCUT2D eigenvalue weighted by atomic mass is 9.95. The molecule has 0 heterocycles. The molecule has 0 aliphatic carbocycles. The lowest BCUT2D eigenvalue weighted by molar-refractivity contribution is 0.300. The summed E-state index contributed by atoms with van der Waals surface area (Å²) in [5.41, 5.74) is 6.24. The third kappa shape index (κ3) is 5.41. The summed E-state index contributed by atoms with van der Waals surface area (Å²) in [7, 11) is 0. The van der Waals surface area contributed by atoms with Crippen LogP contribution in [0.5, 0.6) is 5.75 Å². The fraction of sp³-hybridized carbons (Fsp3) is 0.294. The molecule has 0 atom stereocenters. The van der Waals surface area contributed by atoms with Gasteiger partial charge in [0.15, 0.2) is 0 Å². The van der Waals surface area contributed by atoms with Crippen molar-refractivity contribution in [3.05, 3.63) is 57.8 Å². The number of halogens is 8. The van der Waals surface area contributed by atoms with Crippen LogP contribution in [-0.4, -0.2) is 0 Å². The fourth-order valence-corrected chi connectivity index (χ4v) is 8.82. The molecule has 0 aliphatic heterocycles. The Morgan fingerprint density at radius 2 is 1.04 bits per heavy atom. The van der Waals surface area contributed by atoms with Crippen LogP contribution in [0.3, 0.4) is 0 Å². The average Bonchev–Trinajstić information content (AvgIpc) is 2.60. The fourth-order valence-electron chi connectivity index (χ4n) is 2.58. The molecular weight excluding hydrogens is 859 g/mol. The lowest BCUT2D eigenvalue weighted by Crippen LogP contribution is -2.09. The maximum atomic E-state index is 6.20. The van der Waals surface area contributed by atoms with E-state index in [4.69, 9.17) is 4.74 Å². The molecule has 0 fully saturated rings. The summed E-state index contributed by atoms with van der Waals surface area (Å²) in [6.07, 6.45) is 0. The van der Waals surface area contributed by atoms with Gasteiger partial charge in [0.25, 0.3) is 0 Å². The van der Waals surface area contributed by atoms with Crippen LogP contribution in [0.4, 0.5) is 0 Å². The maximum Gasteiger partial charge on any atom is 0.148 e. The van der Waals surface area contributed by atoms with E-state index in [2.05, 4.69) is 127 Å². The minimum atomic E-state index is 0.461. The van der Waals surface area contributed by atoms with Gasteiger partial charge in [-0.15, -0.1) is 0 Å². The Bertz CT molecular complexity index is 783. The summed E-state index contributed by atoms with van der Waals surface area (Å²) in [4.78, 5) is 0. The summed E-state index contributed by atoms with van der Waals surface area (Å²) in [5, 5.41) is 3.13. The predicted octanol–water partition coefficient (Wildman–Crippen LogP) is 9.90. The van der Waals surface area contributed by atoms with Gasteiger partial charge in [0, 0.05) is 35.8 Å². The first kappa shape index (κ1) is 24.4. The van der Waals surface area contributed by atoms with Crippen molar-refractivity contribution in [1.82, 2.24) is 0 Å². The van der Waals surface area contributed by atoms with Crippen molar-refractivity contribution in [2.45, 2.75) is 27.9 Å². The van der Waals surface area contributed by atoms with Crippen molar-refractivity contribution in [3.63, 3.8) is 0 Å². The SMILES string of the molecule is BrCc1c(Br)c(COc2c(Br)cc(Br)cc2Br)c(CBr)c(CBr)c1CBr. The first-order valence-electron chi connectivity index (χ1n) is 7.24. The minimum Gasteiger partial charge on any atom is -0.486 e. The molecule has 0 amide bonds. The van der Waals surface area contributed by atoms with Gasteiger partial charge in [-0.1, -0.05) is 95.6 Å². The molecule has 26 heavy (non-hydrogen) atoms. The van der Waals surface area contributed by atoms with Crippen molar-refractivity contribution in [2.24, 2.45) is 0 Å². The van der Waals surface area contributed by atoms with E-state index in [1.165, 1.54) is 22.3 Å². The molecule has 0 unspecified atom stereocenters. The summed E-state index contributed by atoms with van der Waals surface area (Å²) < 4.78 is 10.1. The first-order valence-corrected chi connectivity index (χ1v) is 14.9. The Morgan fingerprint density at radius 3 is 1.50 bits per heavy atom. The molecule has 2 rings (SSSR count). The van der Waals surface area contributed by atoms with Crippen molar-refractivity contribution in [1.29, 1.82) is 0 Å². The molecule has 0 N–H and O–H groups in total. The Kier molecular flexibility index (Phi) is 10.7. The van der Waals surface area contributed by atoms with Gasteiger partial charge in [0.2, 0.25) is 0 Å². The second-order valence-corrected chi connectivity index (χ2v) is 10.9. The first-order chi connectivity index (χ1) is 12.4. The van der Waals surface area contributed by atoms with Gasteiger partial charge >= 0.3 is 0 Å². The Labute approximate surface area is 220 Å². The summed E-state index contributed by atoms with van der Waals surface area (Å²) in [6, 6.07) is 3.95. The van der Waals surface area contributed by atoms with Crippen LogP contribution in [0.15, 0.2) is 30.0 Å². The third-order valence-corrected chi connectivity index (χ3v) is 8.68. The van der Waals surface area contributed by atoms with E-state index < -0.39 is 0 Å². The molecule has 0 bridgehead atoms. The van der Waals surface area contributed by atoms with Crippen LogP contribution in [0.2, 0.25) is 0 Å². The van der Waals surface area contributed by atoms with Crippen molar-refractivity contribution >= 4 is 127 Å². The lowest BCUT2D eigenvalue weighted by Gasteiger charge is -2.22. The standard InChI is InChI=1S/C17H12Br8O/c18-3-9-10(4-19)12(6-21)16(25)13(11(9)5-20)7-26-17-14(23)1-8(22)2-15(17)24/h1-2H,3-7H2. The van der Waals surface area contributed by atoms with E-state index in [1.807, 2.05) is 12.1 Å². The number of hydrogen-bond donors (Lipinski definition) is 0. The van der Waals surface area contributed by atoms with E-state index in [0.29, 0.717) is 6.61 Å². The Hall–Kier alpha value is 2.08. The number of rotatable bonds is 7. The van der Waals surface area contributed by atoms with Crippen molar-refractivity contribution in [3.8, 4) is 5.75 Å². The minimum absolute atomic E-state index is 0.461. The van der Waals surface area contributed by atoms with Crippen LogP contribution in [0.1, 0.15) is 27.8 Å². The van der Waals surface area contributed by atoms with Crippen LogP contribution in [0, 0.1) is 0 Å². The van der Waals surface area contributed by atoms with E-state index in [9.17, 15) is 0 Å². The van der Waals surface area contributed by atoms with Gasteiger partial charge in [0.05, 0.1) is 8.95 Å². The zero-order chi connectivity index (χ0) is 19.4. The van der Waals surface area contributed by atoms with Gasteiger partial charge in [-0.2, -0.15) is 0 Å². The second kappa shape index (κ2) is 11.5.